The van der Waals surface area contributed by atoms with Crippen molar-refractivity contribution in [1.29, 1.82) is 0 Å². The summed E-state index contributed by atoms with van der Waals surface area (Å²) >= 11 is 1.86. The van der Waals surface area contributed by atoms with Crippen molar-refractivity contribution in [3.63, 3.8) is 0 Å². The third kappa shape index (κ3) is 2.00. The van der Waals surface area contributed by atoms with E-state index in [0.717, 1.165) is 6.54 Å². The van der Waals surface area contributed by atoms with Crippen LogP contribution in [0.2, 0.25) is 0 Å². The summed E-state index contributed by atoms with van der Waals surface area (Å²) in [5.41, 5.74) is 0. The van der Waals surface area contributed by atoms with Gasteiger partial charge in [-0.05, 0) is 38.4 Å². The highest BCUT2D eigenvalue weighted by Crippen LogP contribution is 2.26. The Labute approximate surface area is 89.9 Å². The van der Waals surface area contributed by atoms with Crippen molar-refractivity contribution < 1.29 is 0 Å². The topological polar surface area (TPSA) is 15.3 Å². The van der Waals surface area contributed by atoms with E-state index >= 15 is 0 Å². The molecule has 1 aromatic heterocycles. The van der Waals surface area contributed by atoms with Crippen LogP contribution >= 0.6 is 11.3 Å². The molecular formula is C11H18N2S. The van der Waals surface area contributed by atoms with Crippen LogP contribution in [0.1, 0.15) is 24.3 Å². The highest BCUT2D eigenvalue weighted by molar-refractivity contribution is 7.10. The van der Waals surface area contributed by atoms with Crippen LogP contribution in [-0.4, -0.2) is 31.1 Å². The van der Waals surface area contributed by atoms with Gasteiger partial charge in [0.1, 0.15) is 0 Å². The van der Waals surface area contributed by atoms with Gasteiger partial charge in [0.2, 0.25) is 0 Å². The van der Waals surface area contributed by atoms with Gasteiger partial charge in [-0.25, -0.2) is 0 Å². The lowest BCUT2D eigenvalue weighted by atomic mass is 10.1. The lowest BCUT2D eigenvalue weighted by Crippen LogP contribution is -2.35. The molecule has 2 nitrogen and oxygen atoms in total. The summed E-state index contributed by atoms with van der Waals surface area (Å²) in [6.45, 7) is 4.61. The van der Waals surface area contributed by atoms with E-state index in [1.165, 1.54) is 17.8 Å². The van der Waals surface area contributed by atoms with E-state index in [9.17, 15) is 0 Å². The fourth-order valence-electron chi connectivity index (χ4n) is 2.03. The molecule has 0 amide bonds. The second-order valence-electron chi connectivity index (χ2n) is 4.00. The first-order valence-electron chi connectivity index (χ1n) is 5.25. The molecule has 2 atom stereocenters. The third-order valence-electron chi connectivity index (χ3n) is 3.18. The maximum absolute atomic E-state index is 3.42. The Balaban J connectivity index is 2.00. The Kier molecular flexibility index (Phi) is 3.21. The lowest BCUT2D eigenvalue weighted by Gasteiger charge is -2.29. The van der Waals surface area contributed by atoms with Gasteiger partial charge in [0.15, 0.2) is 0 Å². The maximum atomic E-state index is 3.42. The second-order valence-corrected chi connectivity index (χ2v) is 4.98. The second kappa shape index (κ2) is 4.43. The molecule has 0 unspecified atom stereocenters. The van der Waals surface area contributed by atoms with E-state index in [2.05, 4.69) is 41.7 Å². The summed E-state index contributed by atoms with van der Waals surface area (Å²) in [4.78, 5) is 3.96. The summed E-state index contributed by atoms with van der Waals surface area (Å²) in [7, 11) is 2.24. The first-order chi connectivity index (χ1) is 6.79. The van der Waals surface area contributed by atoms with Gasteiger partial charge in [0, 0.05) is 23.5 Å². The molecule has 2 rings (SSSR count). The number of nitrogens with zero attached hydrogens (tertiary/aromatic N) is 1. The van der Waals surface area contributed by atoms with Crippen molar-refractivity contribution in [2.75, 3.05) is 20.1 Å². The molecule has 0 aromatic carbocycles. The van der Waals surface area contributed by atoms with Crippen molar-refractivity contribution in [1.82, 2.24) is 10.2 Å². The van der Waals surface area contributed by atoms with E-state index in [4.69, 9.17) is 0 Å². The Hall–Kier alpha value is -0.380. The molecule has 3 heteroatoms. The molecule has 1 aliphatic rings. The van der Waals surface area contributed by atoms with E-state index in [1.807, 2.05) is 11.3 Å². The third-order valence-corrected chi connectivity index (χ3v) is 4.22. The van der Waals surface area contributed by atoms with Crippen LogP contribution in [0.15, 0.2) is 17.5 Å². The normalized spacial score (nSPS) is 24.4. The van der Waals surface area contributed by atoms with Gasteiger partial charge in [-0.2, -0.15) is 0 Å². The summed E-state index contributed by atoms with van der Waals surface area (Å²) in [6.07, 6.45) is 1.28. The van der Waals surface area contributed by atoms with Crippen LogP contribution in [0.3, 0.4) is 0 Å². The molecule has 1 fully saturated rings. The average Bonchev–Trinajstić information content (AvgIpc) is 2.87. The van der Waals surface area contributed by atoms with Crippen LogP contribution in [0.25, 0.3) is 0 Å². The quantitative estimate of drug-likeness (QED) is 0.822. The molecular weight excluding hydrogens is 192 g/mol. The molecule has 0 aliphatic carbocycles. The van der Waals surface area contributed by atoms with Crippen LogP contribution in [0.5, 0.6) is 0 Å². The molecule has 0 saturated carbocycles. The minimum Gasteiger partial charge on any atom is -0.315 e. The van der Waals surface area contributed by atoms with Crippen LogP contribution in [0.4, 0.5) is 0 Å². The molecule has 1 aromatic rings. The van der Waals surface area contributed by atoms with Crippen molar-refractivity contribution in [2.45, 2.75) is 25.4 Å². The van der Waals surface area contributed by atoms with E-state index in [1.54, 1.807) is 0 Å². The van der Waals surface area contributed by atoms with Gasteiger partial charge in [0.25, 0.3) is 0 Å². The van der Waals surface area contributed by atoms with Crippen molar-refractivity contribution >= 4 is 11.3 Å². The first kappa shape index (κ1) is 10.1. The molecule has 2 heterocycles. The first-order valence-corrected chi connectivity index (χ1v) is 6.13. The Morgan fingerprint density at radius 2 is 2.50 bits per heavy atom. The highest BCUT2D eigenvalue weighted by atomic mass is 32.1. The van der Waals surface area contributed by atoms with Crippen LogP contribution in [0, 0.1) is 0 Å². The van der Waals surface area contributed by atoms with E-state index in [-0.39, 0.29) is 0 Å². The predicted octanol–water partition coefficient (Wildman–Crippen LogP) is 2.10. The van der Waals surface area contributed by atoms with Crippen LogP contribution in [-0.2, 0) is 0 Å². The van der Waals surface area contributed by atoms with E-state index < -0.39 is 0 Å². The van der Waals surface area contributed by atoms with Gasteiger partial charge in [-0.3, -0.25) is 4.90 Å². The zero-order valence-corrected chi connectivity index (χ0v) is 9.68. The largest absolute Gasteiger partial charge is 0.315 e. The number of likely N-dealkylation sites (N-methyl/N-ethyl adjacent to an activating group) is 1. The van der Waals surface area contributed by atoms with Crippen molar-refractivity contribution in [2.24, 2.45) is 0 Å². The zero-order chi connectivity index (χ0) is 9.97. The monoisotopic (exact) mass is 210 g/mol. The van der Waals surface area contributed by atoms with Gasteiger partial charge < -0.3 is 5.32 Å². The predicted molar refractivity (Wildman–Crippen MR) is 61.8 cm³/mol. The van der Waals surface area contributed by atoms with Gasteiger partial charge >= 0.3 is 0 Å². The zero-order valence-electron chi connectivity index (χ0n) is 8.86. The van der Waals surface area contributed by atoms with Crippen LogP contribution < -0.4 is 5.32 Å². The maximum Gasteiger partial charge on any atom is 0.0413 e. The van der Waals surface area contributed by atoms with Gasteiger partial charge in [-0.1, -0.05) is 6.07 Å². The molecule has 78 valence electrons. The fourth-order valence-corrected chi connectivity index (χ4v) is 2.87. The number of thiophene rings is 1. The number of nitrogens with one attached hydrogen (secondary N) is 1. The Morgan fingerprint density at radius 1 is 1.64 bits per heavy atom. The van der Waals surface area contributed by atoms with Crippen molar-refractivity contribution in [3.05, 3.63) is 22.4 Å². The standard InChI is InChI=1S/C11H18N2S/c1-9(11-4-3-7-14-11)13(2)10-5-6-12-8-10/h3-4,7,9-10,12H,5-6,8H2,1-2H3/t9-,10-/m0/s1. The molecule has 0 spiro atoms. The molecule has 1 saturated heterocycles. The highest BCUT2D eigenvalue weighted by Gasteiger charge is 2.23. The summed E-state index contributed by atoms with van der Waals surface area (Å²) in [5.74, 6) is 0. The molecule has 0 bridgehead atoms. The summed E-state index contributed by atoms with van der Waals surface area (Å²) in [6, 6.07) is 5.64. The molecule has 1 N–H and O–H groups in total. The molecule has 1 aliphatic heterocycles. The number of hydrogen-bond donors (Lipinski definition) is 1. The smallest absolute Gasteiger partial charge is 0.0413 e. The number of hydrogen-bond acceptors (Lipinski definition) is 3. The average molecular weight is 210 g/mol. The minimum atomic E-state index is 0.555. The lowest BCUT2D eigenvalue weighted by molar-refractivity contribution is 0.199. The number of rotatable bonds is 3. The Bertz CT molecular complexity index is 265. The minimum absolute atomic E-state index is 0.555. The Morgan fingerprint density at radius 3 is 3.07 bits per heavy atom. The summed E-state index contributed by atoms with van der Waals surface area (Å²) in [5, 5.41) is 5.57. The SMILES string of the molecule is C[C@@H](c1cccs1)N(C)[C@H]1CCNC1. The molecule has 14 heavy (non-hydrogen) atoms. The van der Waals surface area contributed by atoms with Crippen molar-refractivity contribution in [3.8, 4) is 0 Å². The van der Waals surface area contributed by atoms with E-state index in [0.29, 0.717) is 12.1 Å². The van der Waals surface area contributed by atoms with Gasteiger partial charge in [-0.15, -0.1) is 11.3 Å². The fraction of sp³-hybridized carbons (Fsp3) is 0.636. The summed E-state index contributed by atoms with van der Waals surface area (Å²) < 4.78 is 0. The molecule has 0 radical (unpaired) electrons. The van der Waals surface area contributed by atoms with Gasteiger partial charge in [0.05, 0.1) is 0 Å².